The highest BCUT2D eigenvalue weighted by molar-refractivity contribution is 7.10. The van der Waals surface area contributed by atoms with Crippen LogP contribution in [0.3, 0.4) is 0 Å². The average molecular weight is 207 g/mol. The number of nitrogens with zero attached hydrogens (tertiary/aromatic N) is 1. The lowest BCUT2D eigenvalue weighted by molar-refractivity contribution is 0.0734. The van der Waals surface area contributed by atoms with E-state index in [2.05, 4.69) is 0 Å². The average Bonchev–Trinajstić information content (AvgIpc) is 2.85. The van der Waals surface area contributed by atoms with E-state index in [0.717, 1.165) is 31.0 Å². The molecule has 3 rings (SSSR count). The van der Waals surface area contributed by atoms with E-state index in [0.29, 0.717) is 0 Å². The number of thiophene rings is 1. The van der Waals surface area contributed by atoms with Gasteiger partial charge in [-0.05, 0) is 30.2 Å². The number of carbonyl (C=O) groups is 1. The van der Waals surface area contributed by atoms with Crippen LogP contribution >= 0.6 is 11.3 Å². The molecule has 1 amide bonds. The Labute approximate surface area is 87.5 Å². The maximum Gasteiger partial charge on any atom is 0.255 e. The summed E-state index contributed by atoms with van der Waals surface area (Å²) in [6.45, 7) is 1.93. The zero-order chi connectivity index (χ0) is 9.54. The highest BCUT2D eigenvalue weighted by Gasteiger charge is 2.30. The highest BCUT2D eigenvalue weighted by atomic mass is 32.1. The van der Waals surface area contributed by atoms with Crippen LogP contribution in [0.5, 0.6) is 0 Å². The maximum absolute atomic E-state index is 12.0. The van der Waals surface area contributed by atoms with E-state index in [1.165, 1.54) is 17.7 Å². The normalized spacial score (nSPS) is 21.1. The molecule has 1 saturated carbocycles. The smallest absolute Gasteiger partial charge is 0.255 e. The lowest BCUT2D eigenvalue weighted by Crippen LogP contribution is -2.38. The molecular formula is C11H13NOS. The van der Waals surface area contributed by atoms with Crippen molar-refractivity contribution in [1.82, 2.24) is 4.90 Å². The van der Waals surface area contributed by atoms with Crippen LogP contribution < -0.4 is 0 Å². The summed E-state index contributed by atoms with van der Waals surface area (Å²) in [5.74, 6) is 1.07. The fourth-order valence-corrected chi connectivity index (χ4v) is 2.88. The van der Waals surface area contributed by atoms with Gasteiger partial charge in [0.05, 0.1) is 5.56 Å². The standard InChI is InChI=1S/C11H13NOS/c13-11-9-4-6-14-10(9)3-5-12(11)7-8-1-2-8/h4,6,8H,1-3,5,7H2. The van der Waals surface area contributed by atoms with E-state index in [1.54, 1.807) is 11.3 Å². The van der Waals surface area contributed by atoms with Gasteiger partial charge in [-0.15, -0.1) is 11.3 Å². The predicted molar refractivity (Wildman–Crippen MR) is 56.7 cm³/mol. The summed E-state index contributed by atoms with van der Waals surface area (Å²) in [6, 6.07) is 1.97. The van der Waals surface area contributed by atoms with Gasteiger partial charge in [-0.1, -0.05) is 0 Å². The first-order valence-electron chi connectivity index (χ1n) is 5.20. The molecule has 1 fully saturated rings. The zero-order valence-electron chi connectivity index (χ0n) is 8.03. The number of hydrogen-bond donors (Lipinski definition) is 0. The van der Waals surface area contributed by atoms with E-state index < -0.39 is 0 Å². The van der Waals surface area contributed by atoms with Crippen LogP contribution in [0.25, 0.3) is 0 Å². The molecule has 3 heteroatoms. The molecule has 1 aliphatic heterocycles. The second kappa shape index (κ2) is 3.09. The van der Waals surface area contributed by atoms with Gasteiger partial charge in [-0.25, -0.2) is 0 Å². The van der Waals surface area contributed by atoms with Crippen molar-refractivity contribution in [2.24, 2.45) is 5.92 Å². The lowest BCUT2D eigenvalue weighted by atomic mass is 10.1. The summed E-state index contributed by atoms with van der Waals surface area (Å²) in [4.78, 5) is 15.3. The molecule has 2 heterocycles. The molecule has 0 aromatic carbocycles. The van der Waals surface area contributed by atoms with Gasteiger partial charge in [0.1, 0.15) is 0 Å². The number of amides is 1. The van der Waals surface area contributed by atoms with E-state index in [1.807, 2.05) is 16.3 Å². The third-order valence-corrected chi connectivity index (χ3v) is 4.03. The summed E-state index contributed by atoms with van der Waals surface area (Å²) < 4.78 is 0. The third kappa shape index (κ3) is 1.36. The van der Waals surface area contributed by atoms with E-state index in [9.17, 15) is 4.79 Å². The molecule has 0 N–H and O–H groups in total. The summed E-state index contributed by atoms with van der Waals surface area (Å²) in [6.07, 6.45) is 3.70. The molecule has 0 spiro atoms. The van der Waals surface area contributed by atoms with Crippen molar-refractivity contribution in [3.63, 3.8) is 0 Å². The van der Waals surface area contributed by atoms with Gasteiger partial charge in [0.25, 0.3) is 5.91 Å². The fourth-order valence-electron chi connectivity index (χ4n) is 2.02. The number of hydrogen-bond acceptors (Lipinski definition) is 2. The fraction of sp³-hybridized carbons (Fsp3) is 0.545. The van der Waals surface area contributed by atoms with E-state index in [-0.39, 0.29) is 5.91 Å². The van der Waals surface area contributed by atoms with Gasteiger partial charge in [-0.2, -0.15) is 0 Å². The van der Waals surface area contributed by atoms with Gasteiger partial charge in [-0.3, -0.25) is 4.79 Å². The Morgan fingerprint density at radius 1 is 1.50 bits per heavy atom. The van der Waals surface area contributed by atoms with Crippen LogP contribution in [0, 0.1) is 5.92 Å². The SMILES string of the molecule is O=C1c2ccsc2CCN1CC1CC1. The Bertz CT molecular complexity index is 367. The molecule has 2 aliphatic rings. The molecule has 14 heavy (non-hydrogen) atoms. The number of carbonyl (C=O) groups excluding carboxylic acids is 1. The van der Waals surface area contributed by atoms with Crippen molar-refractivity contribution >= 4 is 17.2 Å². The van der Waals surface area contributed by atoms with Gasteiger partial charge < -0.3 is 4.90 Å². The molecule has 1 aliphatic carbocycles. The van der Waals surface area contributed by atoms with Crippen LogP contribution in [-0.4, -0.2) is 23.9 Å². The Morgan fingerprint density at radius 2 is 2.36 bits per heavy atom. The van der Waals surface area contributed by atoms with Crippen LogP contribution in [0.15, 0.2) is 11.4 Å². The minimum atomic E-state index is 0.263. The molecule has 0 bridgehead atoms. The van der Waals surface area contributed by atoms with Gasteiger partial charge in [0.2, 0.25) is 0 Å². The van der Waals surface area contributed by atoms with E-state index in [4.69, 9.17) is 0 Å². The van der Waals surface area contributed by atoms with Crippen molar-refractivity contribution in [3.8, 4) is 0 Å². The van der Waals surface area contributed by atoms with Crippen LogP contribution in [0.1, 0.15) is 28.1 Å². The number of fused-ring (bicyclic) bond motifs is 1. The van der Waals surface area contributed by atoms with Crippen molar-refractivity contribution < 1.29 is 4.79 Å². The van der Waals surface area contributed by atoms with Gasteiger partial charge in [0.15, 0.2) is 0 Å². The van der Waals surface area contributed by atoms with Crippen LogP contribution in [-0.2, 0) is 6.42 Å². The Hall–Kier alpha value is -0.830. The molecule has 0 atom stereocenters. The van der Waals surface area contributed by atoms with Crippen molar-refractivity contribution in [1.29, 1.82) is 0 Å². The first-order valence-corrected chi connectivity index (χ1v) is 6.08. The Morgan fingerprint density at radius 3 is 3.14 bits per heavy atom. The van der Waals surface area contributed by atoms with Gasteiger partial charge >= 0.3 is 0 Å². The van der Waals surface area contributed by atoms with Crippen molar-refractivity contribution in [2.45, 2.75) is 19.3 Å². The summed E-state index contributed by atoms with van der Waals surface area (Å²) in [5, 5.41) is 2.03. The third-order valence-electron chi connectivity index (χ3n) is 3.05. The molecule has 0 unspecified atom stereocenters. The zero-order valence-corrected chi connectivity index (χ0v) is 8.85. The quantitative estimate of drug-likeness (QED) is 0.727. The molecule has 2 nitrogen and oxygen atoms in total. The Kier molecular flexibility index (Phi) is 1.87. The van der Waals surface area contributed by atoms with Crippen molar-refractivity contribution in [2.75, 3.05) is 13.1 Å². The minimum Gasteiger partial charge on any atom is -0.338 e. The molecule has 0 radical (unpaired) electrons. The molecule has 1 aromatic rings. The number of rotatable bonds is 2. The second-order valence-corrected chi connectivity index (χ2v) is 5.20. The maximum atomic E-state index is 12.0. The predicted octanol–water partition coefficient (Wildman–Crippen LogP) is 2.16. The molecular weight excluding hydrogens is 194 g/mol. The highest BCUT2D eigenvalue weighted by Crippen LogP contribution is 2.32. The molecule has 0 saturated heterocycles. The minimum absolute atomic E-state index is 0.263. The summed E-state index contributed by atoms with van der Waals surface area (Å²) >= 11 is 1.72. The molecule has 74 valence electrons. The largest absolute Gasteiger partial charge is 0.338 e. The monoisotopic (exact) mass is 207 g/mol. The Balaban J connectivity index is 1.81. The summed E-state index contributed by atoms with van der Waals surface area (Å²) in [5.41, 5.74) is 0.960. The van der Waals surface area contributed by atoms with Gasteiger partial charge in [0, 0.05) is 24.4 Å². The molecule has 1 aromatic heterocycles. The van der Waals surface area contributed by atoms with E-state index >= 15 is 0 Å². The van der Waals surface area contributed by atoms with Crippen LogP contribution in [0.2, 0.25) is 0 Å². The summed E-state index contributed by atoms with van der Waals surface area (Å²) in [7, 11) is 0. The lowest BCUT2D eigenvalue weighted by Gasteiger charge is -2.26. The second-order valence-electron chi connectivity index (χ2n) is 4.20. The van der Waals surface area contributed by atoms with Crippen molar-refractivity contribution in [3.05, 3.63) is 21.9 Å². The first kappa shape index (κ1) is 8.48. The first-order chi connectivity index (χ1) is 6.84. The topological polar surface area (TPSA) is 20.3 Å². The van der Waals surface area contributed by atoms with Crippen LogP contribution in [0.4, 0.5) is 0 Å².